The highest BCUT2D eigenvalue weighted by molar-refractivity contribution is 5.23. The second-order valence-corrected chi connectivity index (χ2v) is 2.43. The van der Waals surface area contributed by atoms with E-state index in [-0.39, 0.29) is 0 Å². The Morgan fingerprint density at radius 3 is 2.64 bits per heavy atom. The van der Waals surface area contributed by atoms with Gasteiger partial charge in [0.2, 0.25) is 0 Å². The molecule has 2 N–H and O–H groups in total. The molecule has 0 saturated carbocycles. The van der Waals surface area contributed by atoms with E-state index in [9.17, 15) is 0 Å². The molecule has 11 heavy (non-hydrogen) atoms. The zero-order chi connectivity index (χ0) is 7.94. The Bertz CT molecular complexity index is 219. The first-order chi connectivity index (χ1) is 5.43. The normalized spacial score (nSPS) is 30.5. The van der Waals surface area contributed by atoms with Gasteiger partial charge < -0.3 is 5.73 Å². The Balaban J connectivity index is 2.69. The molecule has 1 aliphatic carbocycles. The predicted octanol–water partition coefficient (Wildman–Crippen LogP) is 1.94. The molecule has 0 aromatic heterocycles. The van der Waals surface area contributed by atoms with Gasteiger partial charge in [-0.2, -0.15) is 0 Å². The molecule has 1 nitrogen and oxygen atoms in total. The average Bonchev–Trinajstić information content (AvgIpc) is 2.16. The standard InChI is InChI=1S/C10H13N/c11-9-10-7-5-3-1-2-4-6-8-10/h1-7H,8-9,11H2/b2-1-,5-3-,6-4-,10-7+. The van der Waals surface area contributed by atoms with Crippen molar-refractivity contribution in [1.82, 2.24) is 0 Å². The number of allylic oxidation sites excluding steroid dienone is 7. The summed E-state index contributed by atoms with van der Waals surface area (Å²) in [5.74, 6) is 0. The summed E-state index contributed by atoms with van der Waals surface area (Å²) in [6, 6.07) is 0. The SMILES string of the molecule is NC/C1=C/C=C\C=C/C=C\C1. The summed E-state index contributed by atoms with van der Waals surface area (Å²) in [6.07, 6.45) is 15.2. The molecule has 0 amide bonds. The Morgan fingerprint density at radius 1 is 1.09 bits per heavy atom. The summed E-state index contributed by atoms with van der Waals surface area (Å²) in [6.45, 7) is 0.648. The summed E-state index contributed by atoms with van der Waals surface area (Å²) in [5.41, 5.74) is 6.78. The van der Waals surface area contributed by atoms with Crippen LogP contribution >= 0.6 is 0 Å². The van der Waals surface area contributed by atoms with E-state index in [1.165, 1.54) is 5.57 Å². The zero-order valence-electron chi connectivity index (χ0n) is 6.53. The van der Waals surface area contributed by atoms with Gasteiger partial charge in [0.25, 0.3) is 0 Å². The van der Waals surface area contributed by atoms with Gasteiger partial charge in [-0.1, -0.05) is 48.1 Å². The van der Waals surface area contributed by atoms with Crippen molar-refractivity contribution in [2.45, 2.75) is 6.42 Å². The van der Waals surface area contributed by atoms with Crippen molar-refractivity contribution in [3.8, 4) is 0 Å². The Kier molecular flexibility index (Phi) is 3.42. The maximum Gasteiger partial charge on any atom is 0.0143 e. The second kappa shape index (κ2) is 4.69. The minimum absolute atomic E-state index is 0.648. The maximum absolute atomic E-state index is 5.52. The van der Waals surface area contributed by atoms with Gasteiger partial charge >= 0.3 is 0 Å². The van der Waals surface area contributed by atoms with Crippen LogP contribution in [0.2, 0.25) is 0 Å². The average molecular weight is 147 g/mol. The lowest BCUT2D eigenvalue weighted by atomic mass is 10.1. The molecule has 0 saturated heterocycles. The molecular weight excluding hydrogens is 134 g/mol. The second-order valence-electron chi connectivity index (χ2n) is 2.43. The third kappa shape index (κ3) is 3.01. The number of hydrogen-bond acceptors (Lipinski definition) is 1. The Morgan fingerprint density at radius 2 is 1.82 bits per heavy atom. The molecule has 58 valence electrons. The molecule has 0 spiro atoms. The number of nitrogens with two attached hydrogens (primary N) is 1. The fourth-order valence-electron chi connectivity index (χ4n) is 0.901. The zero-order valence-corrected chi connectivity index (χ0v) is 6.53. The van der Waals surface area contributed by atoms with Crippen molar-refractivity contribution in [2.75, 3.05) is 6.54 Å². The fraction of sp³-hybridized carbons (Fsp3) is 0.200. The summed E-state index contributed by atoms with van der Waals surface area (Å²) < 4.78 is 0. The fourth-order valence-corrected chi connectivity index (χ4v) is 0.901. The van der Waals surface area contributed by atoms with Crippen LogP contribution in [0.1, 0.15) is 6.42 Å². The van der Waals surface area contributed by atoms with E-state index < -0.39 is 0 Å². The van der Waals surface area contributed by atoms with Crippen LogP contribution in [-0.4, -0.2) is 6.54 Å². The topological polar surface area (TPSA) is 26.0 Å². The van der Waals surface area contributed by atoms with Gasteiger partial charge in [0.15, 0.2) is 0 Å². The first-order valence-electron chi connectivity index (χ1n) is 3.81. The number of hydrogen-bond donors (Lipinski definition) is 1. The van der Waals surface area contributed by atoms with Crippen molar-refractivity contribution in [2.24, 2.45) is 5.73 Å². The minimum atomic E-state index is 0.648. The van der Waals surface area contributed by atoms with Gasteiger partial charge in [-0.25, -0.2) is 0 Å². The number of rotatable bonds is 1. The smallest absolute Gasteiger partial charge is 0.0143 e. The summed E-state index contributed by atoms with van der Waals surface area (Å²) in [7, 11) is 0. The predicted molar refractivity (Wildman–Crippen MR) is 49.2 cm³/mol. The first kappa shape index (κ1) is 8.02. The highest BCUT2D eigenvalue weighted by Gasteiger charge is 1.88. The Hall–Kier alpha value is -1.08. The Labute approximate surface area is 67.6 Å². The van der Waals surface area contributed by atoms with Crippen LogP contribution in [0.15, 0.2) is 48.1 Å². The molecule has 0 aromatic rings. The van der Waals surface area contributed by atoms with E-state index in [0.717, 1.165) is 6.42 Å². The van der Waals surface area contributed by atoms with Crippen LogP contribution in [0.25, 0.3) is 0 Å². The van der Waals surface area contributed by atoms with Crippen molar-refractivity contribution in [3.63, 3.8) is 0 Å². The van der Waals surface area contributed by atoms with Gasteiger partial charge in [0, 0.05) is 6.54 Å². The van der Waals surface area contributed by atoms with E-state index in [4.69, 9.17) is 5.73 Å². The molecule has 0 radical (unpaired) electrons. The molecular formula is C10H13N. The quantitative estimate of drug-likeness (QED) is 0.602. The van der Waals surface area contributed by atoms with E-state index in [1.807, 2.05) is 30.4 Å². The lowest BCUT2D eigenvalue weighted by Gasteiger charge is -1.96. The van der Waals surface area contributed by atoms with Crippen LogP contribution in [0.3, 0.4) is 0 Å². The molecule has 1 heteroatoms. The molecule has 0 fully saturated rings. The van der Waals surface area contributed by atoms with Crippen LogP contribution in [-0.2, 0) is 0 Å². The molecule has 1 rings (SSSR count). The largest absolute Gasteiger partial charge is 0.327 e. The third-order valence-corrected chi connectivity index (χ3v) is 1.55. The monoisotopic (exact) mass is 147 g/mol. The van der Waals surface area contributed by atoms with Gasteiger partial charge in [0.05, 0.1) is 0 Å². The summed E-state index contributed by atoms with van der Waals surface area (Å²) >= 11 is 0. The van der Waals surface area contributed by atoms with Crippen molar-refractivity contribution in [3.05, 3.63) is 48.1 Å². The summed E-state index contributed by atoms with van der Waals surface area (Å²) in [5, 5.41) is 0. The highest BCUT2D eigenvalue weighted by atomic mass is 14.5. The molecule has 0 bridgehead atoms. The van der Waals surface area contributed by atoms with Gasteiger partial charge in [-0.05, 0) is 6.42 Å². The van der Waals surface area contributed by atoms with E-state index in [2.05, 4.69) is 12.2 Å². The third-order valence-electron chi connectivity index (χ3n) is 1.55. The van der Waals surface area contributed by atoms with Gasteiger partial charge in [-0.3, -0.25) is 0 Å². The van der Waals surface area contributed by atoms with E-state index in [0.29, 0.717) is 6.54 Å². The molecule has 0 unspecified atom stereocenters. The first-order valence-corrected chi connectivity index (χ1v) is 3.81. The van der Waals surface area contributed by atoms with Crippen molar-refractivity contribution in [1.29, 1.82) is 0 Å². The molecule has 0 heterocycles. The molecule has 0 aromatic carbocycles. The van der Waals surface area contributed by atoms with Crippen LogP contribution in [0.5, 0.6) is 0 Å². The van der Waals surface area contributed by atoms with Crippen LogP contribution in [0.4, 0.5) is 0 Å². The van der Waals surface area contributed by atoms with Crippen molar-refractivity contribution < 1.29 is 0 Å². The summed E-state index contributed by atoms with van der Waals surface area (Å²) in [4.78, 5) is 0. The van der Waals surface area contributed by atoms with Gasteiger partial charge in [-0.15, -0.1) is 0 Å². The lowest BCUT2D eigenvalue weighted by molar-refractivity contribution is 1.07. The van der Waals surface area contributed by atoms with Gasteiger partial charge in [0.1, 0.15) is 0 Å². The van der Waals surface area contributed by atoms with E-state index >= 15 is 0 Å². The molecule has 0 aliphatic heterocycles. The molecule has 0 atom stereocenters. The van der Waals surface area contributed by atoms with E-state index in [1.54, 1.807) is 0 Å². The maximum atomic E-state index is 5.52. The van der Waals surface area contributed by atoms with Crippen LogP contribution in [0, 0.1) is 0 Å². The highest BCUT2D eigenvalue weighted by Crippen LogP contribution is 2.02. The van der Waals surface area contributed by atoms with Crippen LogP contribution < -0.4 is 5.73 Å². The molecule has 1 aliphatic rings. The lowest BCUT2D eigenvalue weighted by Crippen LogP contribution is -2.01. The van der Waals surface area contributed by atoms with Crippen molar-refractivity contribution >= 4 is 0 Å². The minimum Gasteiger partial charge on any atom is -0.327 e.